The van der Waals surface area contributed by atoms with Gasteiger partial charge in [-0.3, -0.25) is 4.79 Å². The zero-order chi connectivity index (χ0) is 17.3. The summed E-state index contributed by atoms with van der Waals surface area (Å²) in [5.74, 6) is -1.97. The molecule has 7 heteroatoms. The largest absolute Gasteiger partial charge is 0.478 e. The van der Waals surface area contributed by atoms with Gasteiger partial charge in [-0.05, 0) is 44.1 Å². The quantitative estimate of drug-likeness (QED) is 0.620. The van der Waals surface area contributed by atoms with Gasteiger partial charge in [0, 0.05) is 12.5 Å². The maximum Gasteiger partial charge on any atom is 0.398 e. The molecule has 0 aliphatic heterocycles. The number of hydrogen-bond acceptors (Lipinski definition) is 3. The SMILES string of the molecule is CC(C=C[C@@]1(O)C(C)=CC(=O)C[C@@]1(C)C(F)(F)F)=CC(=O)O. The minimum Gasteiger partial charge on any atom is -0.478 e. The number of halogens is 3. The molecule has 0 saturated carbocycles. The van der Waals surface area contributed by atoms with Crippen molar-refractivity contribution in [2.75, 3.05) is 0 Å². The van der Waals surface area contributed by atoms with Gasteiger partial charge in [-0.2, -0.15) is 13.2 Å². The maximum absolute atomic E-state index is 13.4. The summed E-state index contributed by atoms with van der Waals surface area (Å²) in [5, 5.41) is 19.2. The fraction of sp³-hybridized carbons (Fsp3) is 0.467. The molecule has 122 valence electrons. The van der Waals surface area contributed by atoms with Crippen LogP contribution in [0.15, 0.2) is 35.5 Å². The highest BCUT2D eigenvalue weighted by atomic mass is 19.4. The Labute approximate surface area is 125 Å². The summed E-state index contributed by atoms with van der Waals surface area (Å²) in [6, 6.07) is 0. The minimum absolute atomic E-state index is 0.136. The van der Waals surface area contributed by atoms with Crippen molar-refractivity contribution >= 4 is 11.8 Å². The zero-order valence-electron chi connectivity index (χ0n) is 12.4. The van der Waals surface area contributed by atoms with Crippen LogP contribution in [0.5, 0.6) is 0 Å². The Bertz CT molecular complexity index is 586. The number of aliphatic carboxylic acids is 1. The number of aliphatic hydroxyl groups is 1. The lowest BCUT2D eigenvalue weighted by molar-refractivity contribution is -0.261. The van der Waals surface area contributed by atoms with E-state index in [0.29, 0.717) is 0 Å². The number of ketones is 1. The van der Waals surface area contributed by atoms with Crippen LogP contribution in [0.3, 0.4) is 0 Å². The van der Waals surface area contributed by atoms with E-state index in [1.54, 1.807) is 0 Å². The third kappa shape index (κ3) is 3.14. The van der Waals surface area contributed by atoms with Gasteiger partial charge in [0.25, 0.3) is 0 Å². The highest BCUT2D eigenvalue weighted by Crippen LogP contribution is 2.54. The number of hydrogen-bond donors (Lipinski definition) is 2. The predicted molar refractivity (Wildman–Crippen MR) is 73.0 cm³/mol. The first kappa shape index (κ1) is 18.2. The number of rotatable bonds is 3. The molecule has 0 saturated heterocycles. The van der Waals surface area contributed by atoms with Crippen molar-refractivity contribution in [2.24, 2.45) is 5.41 Å². The summed E-state index contributed by atoms with van der Waals surface area (Å²) in [4.78, 5) is 22.0. The lowest BCUT2D eigenvalue weighted by atomic mass is 9.62. The summed E-state index contributed by atoms with van der Waals surface area (Å²) in [6.07, 6.45) is -1.91. The van der Waals surface area contributed by atoms with Crippen molar-refractivity contribution in [2.45, 2.75) is 39.0 Å². The van der Waals surface area contributed by atoms with Crippen molar-refractivity contribution in [3.8, 4) is 0 Å². The highest BCUT2D eigenvalue weighted by molar-refractivity contribution is 5.93. The van der Waals surface area contributed by atoms with Crippen molar-refractivity contribution in [3.63, 3.8) is 0 Å². The van der Waals surface area contributed by atoms with E-state index >= 15 is 0 Å². The second-order valence-corrected chi connectivity index (χ2v) is 5.63. The van der Waals surface area contributed by atoms with E-state index in [4.69, 9.17) is 5.11 Å². The van der Waals surface area contributed by atoms with E-state index in [1.807, 2.05) is 0 Å². The standard InChI is InChI=1S/C15H17F3O4/c1-9(6-12(20)21)4-5-14(22)10(2)7-11(19)8-13(14,3)15(16,17)18/h4-7,22H,8H2,1-3H3,(H,20,21)/t13-,14-/m1/s1. The number of carbonyl (C=O) groups is 2. The normalized spacial score (nSPS) is 30.6. The molecular formula is C15H17F3O4. The van der Waals surface area contributed by atoms with Crippen molar-refractivity contribution < 1.29 is 33.0 Å². The summed E-state index contributed by atoms with van der Waals surface area (Å²) in [6.45, 7) is 3.40. The number of alkyl halides is 3. The van der Waals surface area contributed by atoms with Gasteiger partial charge in [-0.15, -0.1) is 0 Å². The van der Waals surface area contributed by atoms with Crippen molar-refractivity contribution in [3.05, 3.63) is 35.5 Å². The third-order valence-electron chi connectivity index (χ3n) is 3.91. The monoisotopic (exact) mass is 318 g/mol. The van der Waals surface area contributed by atoms with Crippen LogP contribution in [0, 0.1) is 5.41 Å². The first-order valence-electron chi connectivity index (χ1n) is 6.44. The second-order valence-electron chi connectivity index (χ2n) is 5.63. The number of carboxylic acids is 1. The van der Waals surface area contributed by atoms with Gasteiger partial charge < -0.3 is 10.2 Å². The molecule has 0 aromatic rings. The number of carbonyl (C=O) groups excluding carboxylic acids is 1. The molecule has 0 aromatic carbocycles. The van der Waals surface area contributed by atoms with Crippen LogP contribution in [-0.4, -0.2) is 33.7 Å². The van der Waals surface area contributed by atoms with Gasteiger partial charge in [0.05, 0.1) is 0 Å². The van der Waals surface area contributed by atoms with Gasteiger partial charge in [-0.1, -0.05) is 6.08 Å². The van der Waals surface area contributed by atoms with Crippen LogP contribution in [0.1, 0.15) is 27.2 Å². The lowest BCUT2D eigenvalue weighted by Gasteiger charge is -2.46. The summed E-state index contributed by atoms with van der Waals surface area (Å²) >= 11 is 0. The molecule has 1 rings (SSSR count). The molecule has 0 aromatic heterocycles. The molecule has 0 unspecified atom stereocenters. The first-order chi connectivity index (χ1) is 9.83. The Balaban J connectivity index is 3.41. The molecule has 0 spiro atoms. The molecule has 0 fully saturated rings. The van der Waals surface area contributed by atoms with E-state index < -0.39 is 35.4 Å². The summed E-state index contributed by atoms with van der Waals surface area (Å²) < 4.78 is 40.3. The van der Waals surface area contributed by atoms with Gasteiger partial charge in [0.15, 0.2) is 5.78 Å². The van der Waals surface area contributed by atoms with Gasteiger partial charge in [0.2, 0.25) is 0 Å². The van der Waals surface area contributed by atoms with Crippen LogP contribution >= 0.6 is 0 Å². The fourth-order valence-electron chi connectivity index (χ4n) is 2.45. The molecule has 0 heterocycles. The van der Waals surface area contributed by atoms with Crippen LogP contribution in [-0.2, 0) is 9.59 Å². The maximum atomic E-state index is 13.4. The van der Waals surface area contributed by atoms with E-state index in [1.165, 1.54) is 13.8 Å². The predicted octanol–water partition coefficient (Wildman–Crippen LogP) is 2.79. The molecule has 1 aliphatic rings. The minimum atomic E-state index is -4.82. The third-order valence-corrected chi connectivity index (χ3v) is 3.91. The Morgan fingerprint density at radius 2 is 1.95 bits per heavy atom. The lowest BCUT2D eigenvalue weighted by Crippen LogP contribution is -2.57. The Kier molecular flexibility index (Phi) is 4.72. The van der Waals surface area contributed by atoms with E-state index in [2.05, 4.69) is 0 Å². The molecule has 0 bridgehead atoms. The second kappa shape index (κ2) is 5.72. The first-order valence-corrected chi connectivity index (χ1v) is 6.44. The molecule has 22 heavy (non-hydrogen) atoms. The molecule has 4 nitrogen and oxygen atoms in total. The van der Waals surface area contributed by atoms with Crippen LogP contribution in [0.4, 0.5) is 13.2 Å². The van der Waals surface area contributed by atoms with Gasteiger partial charge in [0.1, 0.15) is 11.0 Å². The Morgan fingerprint density at radius 3 is 2.41 bits per heavy atom. The molecule has 2 atom stereocenters. The molecular weight excluding hydrogens is 301 g/mol. The smallest absolute Gasteiger partial charge is 0.398 e. The fourth-order valence-corrected chi connectivity index (χ4v) is 2.45. The van der Waals surface area contributed by atoms with Gasteiger partial charge >= 0.3 is 12.1 Å². The number of allylic oxidation sites excluding steroid dienone is 3. The average molecular weight is 318 g/mol. The summed E-state index contributed by atoms with van der Waals surface area (Å²) in [7, 11) is 0. The topological polar surface area (TPSA) is 74.6 Å². The van der Waals surface area contributed by atoms with Gasteiger partial charge in [-0.25, -0.2) is 4.79 Å². The van der Waals surface area contributed by atoms with Crippen LogP contribution < -0.4 is 0 Å². The highest BCUT2D eigenvalue weighted by Gasteiger charge is 2.64. The number of carboxylic acid groups (broad SMARTS) is 1. The molecule has 0 radical (unpaired) electrons. The zero-order valence-corrected chi connectivity index (χ0v) is 12.4. The van der Waals surface area contributed by atoms with Crippen LogP contribution in [0.2, 0.25) is 0 Å². The Hall–Kier alpha value is -1.89. The molecule has 2 N–H and O–H groups in total. The van der Waals surface area contributed by atoms with Crippen molar-refractivity contribution in [1.82, 2.24) is 0 Å². The Morgan fingerprint density at radius 1 is 1.41 bits per heavy atom. The summed E-state index contributed by atoms with van der Waals surface area (Å²) in [5.41, 5.74) is -5.08. The van der Waals surface area contributed by atoms with Crippen LogP contribution in [0.25, 0.3) is 0 Å². The van der Waals surface area contributed by atoms with E-state index in [-0.39, 0.29) is 11.1 Å². The van der Waals surface area contributed by atoms with E-state index in [9.17, 15) is 27.9 Å². The average Bonchev–Trinajstić information content (AvgIpc) is 2.31. The van der Waals surface area contributed by atoms with Crippen molar-refractivity contribution in [1.29, 1.82) is 0 Å². The van der Waals surface area contributed by atoms with E-state index in [0.717, 1.165) is 31.2 Å². The molecule has 1 aliphatic carbocycles. The molecule has 0 amide bonds.